The van der Waals surface area contributed by atoms with E-state index in [0.29, 0.717) is 18.7 Å². The molecule has 0 radical (unpaired) electrons. The molecule has 0 unspecified atom stereocenters. The van der Waals surface area contributed by atoms with Gasteiger partial charge in [0.15, 0.2) is 6.19 Å². The van der Waals surface area contributed by atoms with E-state index in [0.717, 1.165) is 18.5 Å². The lowest BCUT2D eigenvalue weighted by molar-refractivity contribution is 0.0767. The molecule has 2 aliphatic rings. The average Bonchev–Trinajstić information content (AvgIpc) is 2.34. The highest BCUT2D eigenvalue weighted by molar-refractivity contribution is 5.81. The maximum atomic E-state index is 8.51. The van der Waals surface area contributed by atoms with Gasteiger partial charge in [-0.2, -0.15) is 5.26 Å². The standard InChI is InChI=1S/C12H21N5/c1-9-4-3-5-11(10(9)2)17-7-15-12(14-6-13)16-8-17/h9-11H,3-5,7-8H2,1-2H3,(H2,14,15,16)/t9-,10+,11+/m0/s1. The van der Waals surface area contributed by atoms with Gasteiger partial charge in [0.1, 0.15) is 0 Å². The predicted molar refractivity (Wildman–Crippen MR) is 66.9 cm³/mol. The minimum absolute atomic E-state index is 0.597. The maximum Gasteiger partial charge on any atom is 0.207 e. The quantitative estimate of drug-likeness (QED) is 0.527. The van der Waals surface area contributed by atoms with Crippen LogP contribution in [-0.4, -0.2) is 30.2 Å². The topological polar surface area (TPSA) is 63.5 Å². The third kappa shape index (κ3) is 2.70. The number of aliphatic imine (C=N–C) groups is 1. The van der Waals surface area contributed by atoms with Crippen LogP contribution in [0.5, 0.6) is 0 Å². The first-order valence-corrected chi connectivity index (χ1v) is 6.40. The summed E-state index contributed by atoms with van der Waals surface area (Å²) in [5.74, 6) is 2.13. The number of rotatable bonds is 1. The number of hydrogen-bond acceptors (Lipinski definition) is 5. The van der Waals surface area contributed by atoms with Crippen molar-refractivity contribution in [2.24, 2.45) is 16.8 Å². The molecule has 0 saturated heterocycles. The maximum absolute atomic E-state index is 8.51. The van der Waals surface area contributed by atoms with Gasteiger partial charge in [0.25, 0.3) is 0 Å². The first-order valence-electron chi connectivity index (χ1n) is 6.40. The van der Waals surface area contributed by atoms with Gasteiger partial charge in [0.05, 0.1) is 13.3 Å². The predicted octanol–water partition coefficient (Wildman–Crippen LogP) is 1.06. The zero-order valence-corrected chi connectivity index (χ0v) is 10.6. The Labute approximate surface area is 103 Å². The van der Waals surface area contributed by atoms with Crippen molar-refractivity contribution in [1.29, 1.82) is 5.26 Å². The Bertz CT molecular complexity index is 332. The van der Waals surface area contributed by atoms with E-state index in [4.69, 9.17) is 5.26 Å². The van der Waals surface area contributed by atoms with E-state index in [1.807, 2.05) is 6.19 Å². The molecule has 94 valence electrons. The molecule has 2 N–H and O–H groups in total. The molecule has 1 aliphatic carbocycles. The molecule has 1 aliphatic heterocycles. The largest absolute Gasteiger partial charge is 0.343 e. The molecule has 17 heavy (non-hydrogen) atoms. The van der Waals surface area contributed by atoms with Gasteiger partial charge in [0.2, 0.25) is 5.96 Å². The van der Waals surface area contributed by atoms with Crippen LogP contribution < -0.4 is 10.6 Å². The van der Waals surface area contributed by atoms with Gasteiger partial charge in [-0.3, -0.25) is 10.2 Å². The fraction of sp³-hybridized carbons (Fsp3) is 0.833. The summed E-state index contributed by atoms with van der Waals surface area (Å²) in [4.78, 5) is 6.71. The van der Waals surface area contributed by atoms with Gasteiger partial charge >= 0.3 is 0 Å². The second-order valence-corrected chi connectivity index (χ2v) is 5.14. The first-order chi connectivity index (χ1) is 8.22. The Hall–Kier alpha value is -1.28. The van der Waals surface area contributed by atoms with Crippen LogP contribution in [-0.2, 0) is 0 Å². The summed E-state index contributed by atoms with van der Waals surface area (Å²) in [6.45, 7) is 6.18. The highest BCUT2D eigenvalue weighted by Crippen LogP contribution is 2.32. The van der Waals surface area contributed by atoms with Crippen LogP contribution in [0.4, 0.5) is 0 Å². The Morgan fingerprint density at radius 2 is 2.29 bits per heavy atom. The first kappa shape index (κ1) is 12.2. The van der Waals surface area contributed by atoms with Crippen molar-refractivity contribution in [3.05, 3.63) is 0 Å². The van der Waals surface area contributed by atoms with Gasteiger partial charge in [-0.15, -0.1) is 0 Å². The lowest BCUT2D eigenvalue weighted by Crippen LogP contribution is -2.53. The van der Waals surface area contributed by atoms with Crippen molar-refractivity contribution in [3.8, 4) is 6.19 Å². The summed E-state index contributed by atoms with van der Waals surface area (Å²) in [5.41, 5.74) is 0. The zero-order chi connectivity index (χ0) is 12.3. The fourth-order valence-electron chi connectivity index (χ4n) is 2.87. The molecular weight excluding hydrogens is 214 g/mol. The van der Waals surface area contributed by atoms with Gasteiger partial charge in [-0.1, -0.05) is 26.7 Å². The highest BCUT2D eigenvalue weighted by Gasteiger charge is 2.32. The smallest absolute Gasteiger partial charge is 0.207 e. The van der Waals surface area contributed by atoms with Gasteiger partial charge in [0, 0.05) is 6.04 Å². The molecule has 0 amide bonds. The lowest BCUT2D eigenvalue weighted by Gasteiger charge is -2.42. The molecule has 3 atom stereocenters. The third-order valence-corrected chi connectivity index (χ3v) is 4.17. The third-order valence-electron chi connectivity index (χ3n) is 4.17. The number of nitrogens with one attached hydrogen (secondary N) is 2. The van der Waals surface area contributed by atoms with Crippen molar-refractivity contribution in [3.63, 3.8) is 0 Å². The Kier molecular flexibility index (Phi) is 3.85. The molecule has 1 heterocycles. The van der Waals surface area contributed by atoms with Gasteiger partial charge in [-0.05, 0) is 18.3 Å². The van der Waals surface area contributed by atoms with Crippen molar-refractivity contribution in [2.45, 2.75) is 39.2 Å². The summed E-state index contributed by atoms with van der Waals surface area (Å²) in [5, 5.41) is 14.2. The molecule has 0 aromatic carbocycles. The SMILES string of the molecule is C[C@H]1[C@H](N2CN=C(NC#N)NC2)CCC[C@@H]1C. The fourth-order valence-corrected chi connectivity index (χ4v) is 2.87. The summed E-state index contributed by atoms with van der Waals surface area (Å²) in [6.07, 6.45) is 5.82. The summed E-state index contributed by atoms with van der Waals surface area (Å²) in [7, 11) is 0. The second kappa shape index (κ2) is 5.37. The second-order valence-electron chi connectivity index (χ2n) is 5.14. The lowest BCUT2D eigenvalue weighted by atomic mass is 9.77. The van der Waals surface area contributed by atoms with Gasteiger partial charge in [-0.25, -0.2) is 4.99 Å². The molecule has 0 bridgehead atoms. The summed E-state index contributed by atoms with van der Waals surface area (Å²) >= 11 is 0. The highest BCUT2D eigenvalue weighted by atomic mass is 15.4. The zero-order valence-electron chi connectivity index (χ0n) is 10.6. The Balaban J connectivity index is 1.94. The van der Waals surface area contributed by atoms with E-state index in [-0.39, 0.29) is 0 Å². The van der Waals surface area contributed by atoms with E-state index in [1.54, 1.807) is 0 Å². The molecule has 2 rings (SSSR count). The molecule has 0 aromatic rings. The normalized spacial score (nSPS) is 34.4. The van der Waals surface area contributed by atoms with E-state index < -0.39 is 0 Å². The van der Waals surface area contributed by atoms with E-state index in [1.165, 1.54) is 19.3 Å². The molecule has 1 saturated carbocycles. The summed E-state index contributed by atoms with van der Waals surface area (Å²) < 4.78 is 0. The van der Waals surface area contributed by atoms with Crippen LogP contribution in [0.1, 0.15) is 33.1 Å². The number of nitriles is 1. The molecule has 1 fully saturated rings. The van der Waals surface area contributed by atoms with Crippen molar-refractivity contribution in [1.82, 2.24) is 15.5 Å². The van der Waals surface area contributed by atoms with Crippen LogP contribution >= 0.6 is 0 Å². The van der Waals surface area contributed by atoms with E-state index >= 15 is 0 Å². The van der Waals surface area contributed by atoms with E-state index in [9.17, 15) is 0 Å². The minimum atomic E-state index is 0.597. The number of guanidine groups is 1. The van der Waals surface area contributed by atoms with Crippen LogP contribution in [0.3, 0.4) is 0 Å². The monoisotopic (exact) mass is 235 g/mol. The van der Waals surface area contributed by atoms with Crippen LogP contribution in [0.2, 0.25) is 0 Å². The number of nitrogens with zero attached hydrogens (tertiary/aromatic N) is 3. The Morgan fingerprint density at radius 1 is 1.47 bits per heavy atom. The van der Waals surface area contributed by atoms with Crippen LogP contribution in [0.25, 0.3) is 0 Å². The molecule has 5 heteroatoms. The van der Waals surface area contributed by atoms with Gasteiger partial charge < -0.3 is 5.32 Å². The van der Waals surface area contributed by atoms with Crippen LogP contribution in [0.15, 0.2) is 4.99 Å². The van der Waals surface area contributed by atoms with Crippen molar-refractivity contribution >= 4 is 5.96 Å². The van der Waals surface area contributed by atoms with Crippen molar-refractivity contribution in [2.75, 3.05) is 13.3 Å². The number of hydrogen-bond donors (Lipinski definition) is 2. The average molecular weight is 235 g/mol. The molecule has 5 nitrogen and oxygen atoms in total. The minimum Gasteiger partial charge on any atom is -0.343 e. The van der Waals surface area contributed by atoms with Crippen LogP contribution in [0, 0.1) is 23.3 Å². The van der Waals surface area contributed by atoms with E-state index in [2.05, 4.69) is 34.4 Å². The Morgan fingerprint density at radius 3 is 2.94 bits per heavy atom. The summed E-state index contributed by atoms with van der Waals surface area (Å²) in [6, 6.07) is 0.624. The molecule has 0 spiro atoms. The molecule has 0 aromatic heterocycles. The van der Waals surface area contributed by atoms with Crippen molar-refractivity contribution < 1.29 is 0 Å². The molecular formula is C12H21N5.